The Morgan fingerprint density at radius 1 is 1.22 bits per heavy atom. The molecule has 0 aliphatic heterocycles. The number of amides is 1. The van der Waals surface area contributed by atoms with Crippen LogP contribution in [0, 0.1) is 11.8 Å². The van der Waals surface area contributed by atoms with Crippen LogP contribution in [0.3, 0.4) is 0 Å². The number of nitrogens with one attached hydrogen (secondary N) is 1. The van der Waals surface area contributed by atoms with E-state index in [2.05, 4.69) is 5.32 Å². The minimum atomic E-state index is -0.0748. The fourth-order valence-corrected chi connectivity index (χ4v) is 3.84. The molecule has 0 radical (unpaired) electrons. The van der Waals surface area contributed by atoms with Crippen LogP contribution in [0.1, 0.15) is 36.0 Å². The summed E-state index contributed by atoms with van der Waals surface area (Å²) in [5, 5.41) is 4.09. The number of rotatable bonds is 2. The number of hydrogen-bond donors (Lipinski definition) is 1. The Balaban J connectivity index is 1.71. The molecule has 1 N–H and O–H groups in total. The zero-order chi connectivity index (χ0) is 12.7. The van der Waals surface area contributed by atoms with Crippen molar-refractivity contribution in [1.29, 1.82) is 0 Å². The summed E-state index contributed by atoms with van der Waals surface area (Å²) in [5.41, 5.74) is 0.517. The second kappa shape index (κ2) is 4.75. The molecule has 2 nitrogen and oxygen atoms in total. The van der Waals surface area contributed by atoms with Gasteiger partial charge >= 0.3 is 0 Å². The maximum absolute atomic E-state index is 12.2. The first kappa shape index (κ1) is 12.3. The molecule has 1 amide bonds. The minimum Gasteiger partial charge on any atom is -0.349 e. The highest BCUT2D eigenvalue weighted by Crippen LogP contribution is 2.44. The topological polar surface area (TPSA) is 29.1 Å². The highest BCUT2D eigenvalue weighted by atomic mass is 35.5. The SMILES string of the molecule is O=C(N[C@H]1C[C@H]2CC[C@H]1C2)c1ccc(Cl)cc1Cl. The molecule has 1 aromatic carbocycles. The molecule has 0 unspecified atom stereocenters. The van der Waals surface area contributed by atoms with E-state index in [-0.39, 0.29) is 5.91 Å². The smallest absolute Gasteiger partial charge is 0.253 e. The van der Waals surface area contributed by atoms with Crippen LogP contribution in [-0.4, -0.2) is 11.9 Å². The van der Waals surface area contributed by atoms with Crippen molar-refractivity contribution in [1.82, 2.24) is 5.32 Å². The monoisotopic (exact) mass is 283 g/mol. The van der Waals surface area contributed by atoms with Crippen molar-refractivity contribution in [3.05, 3.63) is 33.8 Å². The van der Waals surface area contributed by atoms with Gasteiger partial charge < -0.3 is 5.32 Å². The molecule has 3 rings (SSSR count). The van der Waals surface area contributed by atoms with Gasteiger partial charge in [-0.3, -0.25) is 4.79 Å². The summed E-state index contributed by atoms with van der Waals surface area (Å²) in [6, 6.07) is 5.33. The normalized spacial score (nSPS) is 29.6. The number of carbonyl (C=O) groups is 1. The van der Waals surface area contributed by atoms with Crippen molar-refractivity contribution in [2.45, 2.75) is 31.7 Å². The van der Waals surface area contributed by atoms with Gasteiger partial charge in [0.25, 0.3) is 5.91 Å². The lowest BCUT2D eigenvalue weighted by atomic mass is 9.95. The standard InChI is InChI=1S/C14H15Cl2NO/c15-10-3-4-11(12(16)7-10)14(18)17-13-6-8-1-2-9(13)5-8/h3-4,7-9,13H,1-2,5-6H2,(H,17,18)/t8-,9-,13-/m0/s1. The second-order valence-corrected chi connectivity index (χ2v) is 6.22. The van der Waals surface area contributed by atoms with E-state index in [1.165, 1.54) is 19.3 Å². The zero-order valence-corrected chi connectivity index (χ0v) is 11.5. The predicted octanol–water partition coefficient (Wildman–Crippen LogP) is 3.91. The number of hydrogen-bond acceptors (Lipinski definition) is 1. The largest absolute Gasteiger partial charge is 0.349 e. The fourth-order valence-electron chi connectivity index (χ4n) is 3.34. The molecule has 0 spiro atoms. The van der Waals surface area contributed by atoms with Crippen molar-refractivity contribution < 1.29 is 4.79 Å². The Kier molecular flexibility index (Phi) is 3.25. The van der Waals surface area contributed by atoms with Gasteiger partial charge in [-0.25, -0.2) is 0 Å². The van der Waals surface area contributed by atoms with E-state index in [0.717, 1.165) is 12.3 Å². The van der Waals surface area contributed by atoms with Crippen LogP contribution in [0.4, 0.5) is 0 Å². The molecule has 2 saturated carbocycles. The lowest BCUT2D eigenvalue weighted by Crippen LogP contribution is -2.38. The van der Waals surface area contributed by atoms with E-state index in [4.69, 9.17) is 23.2 Å². The maximum Gasteiger partial charge on any atom is 0.253 e. The summed E-state index contributed by atoms with van der Waals surface area (Å²) < 4.78 is 0. The van der Waals surface area contributed by atoms with Crippen LogP contribution in [0.2, 0.25) is 10.0 Å². The van der Waals surface area contributed by atoms with Gasteiger partial charge in [0.05, 0.1) is 10.6 Å². The predicted molar refractivity (Wildman–Crippen MR) is 73.2 cm³/mol. The third-order valence-corrected chi connectivity index (χ3v) is 4.78. The van der Waals surface area contributed by atoms with Gasteiger partial charge in [0, 0.05) is 11.1 Å². The molecule has 96 valence electrons. The number of fused-ring (bicyclic) bond motifs is 2. The average molecular weight is 284 g/mol. The van der Waals surface area contributed by atoms with E-state index < -0.39 is 0 Å². The maximum atomic E-state index is 12.2. The summed E-state index contributed by atoms with van der Waals surface area (Å²) in [6.45, 7) is 0. The second-order valence-electron chi connectivity index (χ2n) is 5.38. The van der Waals surface area contributed by atoms with E-state index in [1.54, 1.807) is 18.2 Å². The van der Waals surface area contributed by atoms with E-state index in [9.17, 15) is 4.79 Å². The molecule has 2 fully saturated rings. The number of carbonyl (C=O) groups excluding carboxylic acids is 1. The summed E-state index contributed by atoms with van der Waals surface area (Å²) in [6.07, 6.45) is 4.99. The third kappa shape index (κ3) is 2.24. The average Bonchev–Trinajstić information content (AvgIpc) is 2.90. The van der Waals surface area contributed by atoms with Crippen LogP contribution >= 0.6 is 23.2 Å². The number of halogens is 2. The van der Waals surface area contributed by atoms with Crippen molar-refractivity contribution in [3.8, 4) is 0 Å². The Morgan fingerprint density at radius 3 is 2.67 bits per heavy atom. The molecule has 0 heterocycles. The van der Waals surface area contributed by atoms with Gasteiger partial charge in [-0.15, -0.1) is 0 Å². The first-order valence-electron chi connectivity index (χ1n) is 6.39. The lowest BCUT2D eigenvalue weighted by molar-refractivity contribution is 0.0923. The first-order chi connectivity index (χ1) is 8.63. The summed E-state index contributed by atoms with van der Waals surface area (Å²) in [4.78, 5) is 12.2. The summed E-state index contributed by atoms with van der Waals surface area (Å²) in [5.74, 6) is 1.42. The quantitative estimate of drug-likeness (QED) is 0.876. The van der Waals surface area contributed by atoms with Crippen LogP contribution < -0.4 is 5.32 Å². The highest BCUT2D eigenvalue weighted by molar-refractivity contribution is 6.36. The summed E-state index contributed by atoms with van der Waals surface area (Å²) in [7, 11) is 0. The molecule has 2 aliphatic rings. The van der Waals surface area contributed by atoms with Crippen molar-refractivity contribution in [2.24, 2.45) is 11.8 Å². The lowest BCUT2D eigenvalue weighted by Gasteiger charge is -2.23. The van der Waals surface area contributed by atoms with Crippen LogP contribution in [0.25, 0.3) is 0 Å². The van der Waals surface area contributed by atoms with Gasteiger partial charge in [0.1, 0.15) is 0 Å². The fraction of sp³-hybridized carbons (Fsp3) is 0.500. The van der Waals surface area contributed by atoms with Crippen LogP contribution in [0.15, 0.2) is 18.2 Å². The molecule has 3 atom stereocenters. The van der Waals surface area contributed by atoms with E-state index in [1.807, 2.05) is 0 Å². The van der Waals surface area contributed by atoms with Crippen LogP contribution in [-0.2, 0) is 0 Å². The van der Waals surface area contributed by atoms with Crippen molar-refractivity contribution in [3.63, 3.8) is 0 Å². The van der Waals surface area contributed by atoms with E-state index >= 15 is 0 Å². The Bertz CT molecular complexity index is 489. The Hall–Kier alpha value is -0.730. The molecule has 4 heteroatoms. The molecule has 1 aromatic rings. The molecule has 0 aromatic heterocycles. The van der Waals surface area contributed by atoms with Crippen molar-refractivity contribution in [2.75, 3.05) is 0 Å². The molecule has 18 heavy (non-hydrogen) atoms. The molecular formula is C14H15Cl2NO. The van der Waals surface area contributed by atoms with Gasteiger partial charge in [-0.2, -0.15) is 0 Å². The third-order valence-electron chi connectivity index (χ3n) is 4.23. The van der Waals surface area contributed by atoms with Gasteiger partial charge in [0.2, 0.25) is 0 Å². The summed E-state index contributed by atoms with van der Waals surface area (Å²) >= 11 is 11.9. The van der Waals surface area contributed by atoms with Crippen LogP contribution in [0.5, 0.6) is 0 Å². The molecule has 2 aliphatic carbocycles. The molecule has 2 bridgehead atoms. The first-order valence-corrected chi connectivity index (χ1v) is 7.15. The van der Waals surface area contributed by atoms with E-state index in [0.29, 0.717) is 27.6 Å². The highest BCUT2D eigenvalue weighted by Gasteiger charge is 2.40. The Labute approximate surface area is 117 Å². The molecule has 0 saturated heterocycles. The van der Waals surface area contributed by atoms with Gasteiger partial charge in [-0.05, 0) is 49.3 Å². The Morgan fingerprint density at radius 2 is 2.06 bits per heavy atom. The number of benzene rings is 1. The molecular weight excluding hydrogens is 269 g/mol. The van der Waals surface area contributed by atoms with Gasteiger partial charge in [-0.1, -0.05) is 29.6 Å². The zero-order valence-electron chi connectivity index (χ0n) is 9.96. The van der Waals surface area contributed by atoms with Crippen molar-refractivity contribution >= 4 is 29.1 Å². The minimum absolute atomic E-state index is 0.0748. The van der Waals surface area contributed by atoms with Gasteiger partial charge in [0.15, 0.2) is 0 Å².